The number of aryl methyl sites for hydroxylation is 2. The molecule has 0 saturated carbocycles. The van der Waals surface area contributed by atoms with Crippen molar-refractivity contribution < 1.29 is 0 Å². The summed E-state index contributed by atoms with van der Waals surface area (Å²) in [7, 11) is 2.03. The Bertz CT molecular complexity index is 637. The van der Waals surface area contributed by atoms with Gasteiger partial charge in [-0.2, -0.15) is 0 Å². The van der Waals surface area contributed by atoms with E-state index in [9.17, 15) is 0 Å². The second-order valence-electron chi connectivity index (χ2n) is 5.24. The van der Waals surface area contributed by atoms with Crippen molar-refractivity contribution in [2.24, 2.45) is 4.99 Å². The van der Waals surface area contributed by atoms with E-state index in [1.165, 1.54) is 0 Å². The van der Waals surface area contributed by atoms with Crippen molar-refractivity contribution in [1.29, 1.82) is 0 Å². The maximum Gasteiger partial charge on any atom is 0.194 e. The van der Waals surface area contributed by atoms with Crippen LogP contribution in [-0.4, -0.2) is 50.7 Å². The van der Waals surface area contributed by atoms with E-state index < -0.39 is 0 Å². The molecule has 2 heterocycles. The zero-order valence-electron chi connectivity index (χ0n) is 14.7. The van der Waals surface area contributed by atoms with E-state index in [0.717, 1.165) is 48.5 Å². The van der Waals surface area contributed by atoms with Crippen LogP contribution >= 0.6 is 35.3 Å². The summed E-state index contributed by atoms with van der Waals surface area (Å²) < 4.78 is 2.05. The molecule has 9 heteroatoms. The zero-order chi connectivity index (χ0) is 16.7. The van der Waals surface area contributed by atoms with Crippen LogP contribution in [0.1, 0.15) is 30.4 Å². The minimum atomic E-state index is 0. The Balaban J connectivity index is 0.00000288. The van der Waals surface area contributed by atoms with Crippen LogP contribution < -0.4 is 5.32 Å². The number of halogens is 1. The first-order valence-electron chi connectivity index (χ1n) is 7.91. The van der Waals surface area contributed by atoms with Gasteiger partial charge in [0.1, 0.15) is 12.2 Å². The van der Waals surface area contributed by atoms with Gasteiger partial charge in [-0.3, -0.25) is 4.99 Å². The van der Waals surface area contributed by atoms with Gasteiger partial charge in [-0.15, -0.1) is 45.5 Å². The van der Waals surface area contributed by atoms with Crippen LogP contribution in [0, 0.1) is 6.92 Å². The normalized spacial score (nSPS) is 11.2. The topological polar surface area (TPSA) is 71.2 Å². The third kappa shape index (κ3) is 6.00. The van der Waals surface area contributed by atoms with E-state index in [2.05, 4.69) is 49.2 Å². The molecular weight excluding hydrogens is 437 g/mol. The molecule has 1 N–H and O–H groups in total. The van der Waals surface area contributed by atoms with Gasteiger partial charge in [0, 0.05) is 31.9 Å². The van der Waals surface area contributed by atoms with Crippen molar-refractivity contribution in [2.75, 3.05) is 20.1 Å². The Labute approximate surface area is 164 Å². The van der Waals surface area contributed by atoms with E-state index in [-0.39, 0.29) is 24.0 Å². The highest BCUT2D eigenvalue weighted by Crippen LogP contribution is 2.09. The highest BCUT2D eigenvalue weighted by atomic mass is 127. The Hall–Kier alpha value is -1.23. The lowest BCUT2D eigenvalue weighted by Crippen LogP contribution is -2.38. The van der Waals surface area contributed by atoms with Crippen molar-refractivity contribution in [3.63, 3.8) is 0 Å². The molecule has 0 spiro atoms. The van der Waals surface area contributed by atoms with E-state index >= 15 is 0 Å². The van der Waals surface area contributed by atoms with Gasteiger partial charge in [-0.05, 0) is 13.8 Å². The average Bonchev–Trinajstić information content (AvgIpc) is 3.15. The van der Waals surface area contributed by atoms with Gasteiger partial charge in [0.25, 0.3) is 0 Å². The number of nitrogens with one attached hydrogen (secondary N) is 1. The number of rotatable bonds is 7. The highest BCUT2D eigenvalue weighted by Gasteiger charge is 2.08. The standard InChI is InChI=1S/C15H25N7S.HI/c1-5-14-20-18-11-22(14)8-7-17-15(16-6-2)21(4)9-13-10-23-12(3)19-13;/h10-11H,5-9H2,1-4H3,(H,16,17);1H. The summed E-state index contributed by atoms with van der Waals surface area (Å²) in [5, 5.41) is 14.6. The molecule has 0 aliphatic rings. The smallest absolute Gasteiger partial charge is 0.194 e. The van der Waals surface area contributed by atoms with E-state index in [1.807, 2.05) is 14.0 Å². The quantitative estimate of drug-likeness (QED) is 0.388. The molecule has 7 nitrogen and oxygen atoms in total. The molecule has 24 heavy (non-hydrogen) atoms. The summed E-state index contributed by atoms with van der Waals surface area (Å²) in [6.45, 7) is 9.25. The van der Waals surface area contributed by atoms with Crippen LogP contribution in [0.5, 0.6) is 0 Å². The van der Waals surface area contributed by atoms with E-state index in [4.69, 9.17) is 4.99 Å². The lowest BCUT2D eigenvalue weighted by Gasteiger charge is -2.21. The van der Waals surface area contributed by atoms with Crippen molar-refractivity contribution in [3.8, 4) is 0 Å². The lowest BCUT2D eigenvalue weighted by molar-refractivity contribution is 0.469. The lowest BCUT2D eigenvalue weighted by atomic mass is 10.4. The summed E-state index contributed by atoms with van der Waals surface area (Å²) in [5.74, 6) is 1.89. The molecule has 0 atom stereocenters. The first kappa shape index (κ1) is 20.8. The van der Waals surface area contributed by atoms with E-state index in [1.54, 1.807) is 17.7 Å². The predicted molar refractivity (Wildman–Crippen MR) is 109 cm³/mol. The highest BCUT2D eigenvalue weighted by molar-refractivity contribution is 14.0. The Morgan fingerprint density at radius 3 is 2.83 bits per heavy atom. The van der Waals surface area contributed by atoms with Crippen molar-refractivity contribution >= 4 is 41.3 Å². The Morgan fingerprint density at radius 1 is 1.42 bits per heavy atom. The third-order valence-corrected chi connectivity index (χ3v) is 4.20. The third-order valence-electron chi connectivity index (χ3n) is 3.38. The van der Waals surface area contributed by atoms with Crippen molar-refractivity contribution in [3.05, 3.63) is 28.2 Å². The predicted octanol–water partition coefficient (Wildman–Crippen LogP) is 2.32. The molecule has 0 fully saturated rings. The number of aliphatic imine (C=N–C) groups is 1. The molecule has 0 radical (unpaired) electrons. The first-order valence-corrected chi connectivity index (χ1v) is 8.79. The number of aromatic nitrogens is 4. The molecular formula is C15H26IN7S. The van der Waals surface area contributed by atoms with Gasteiger partial charge >= 0.3 is 0 Å². The van der Waals surface area contributed by atoms with Crippen LogP contribution in [0.15, 0.2) is 16.7 Å². The Morgan fingerprint density at radius 2 is 2.21 bits per heavy atom. The summed E-state index contributed by atoms with van der Waals surface area (Å²) in [6.07, 6.45) is 2.65. The number of guanidine groups is 1. The summed E-state index contributed by atoms with van der Waals surface area (Å²) in [6, 6.07) is 0. The largest absolute Gasteiger partial charge is 0.357 e. The van der Waals surface area contributed by atoms with Crippen LogP contribution in [0.25, 0.3) is 0 Å². The molecule has 0 aliphatic heterocycles. The molecule has 2 aromatic heterocycles. The fraction of sp³-hybridized carbons (Fsp3) is 0.600. The van der Waals surface area contributed by atoms with Gasteiger partial charge in [-0.1, -0.05) is 6.92 Å². The van der Waals surface area contributed by atoms with Crippen molar-refractivity contribution in [1.82, 2.24) is 30.0 Å². The average molecular weight is 463 g/mol. The minimum Gasteiger partial charge on any atom is -0.357 e. The minimum absolute atomic E-state index is 0. The second-order valence-corrected chi connectivity index (χ2v) is 6.31. The van der Waals surface area contributed by atoms with Gasteiger partial charge in [0.2, 0.25) is 0 Å². The first-order chi connectivity index (χ1) is 11.1. The molecule has 134 valence electrons. The number of thiazole rings is 1. The fourth-order valence-electron chi connectivity index (χ4n) is 2.27. The monoisotopic (exact) mass is 463 g/mol. The van der Waals surface area contributed by atoms with Gasteiger partial charge in [-0.25, -0.2) is 4.98 Å². The molecule has 2 rings (SSSR count). The molecule has 0 amide bonds. The van der Waals surface area contributed by atoms with Crippen LogP contribution in [0.3, 0.4) is 0 Å². The van der Waals surface area contributed by atoms with Crippen molar-refractivity contribution in [2.45, 2.75) is 40.3 Å². The van der Waals surface area contributed by atoms with Gasteiger partial charge < -0.3 is 14.8 Å². The molecule has 2 aromatic rings. The van der Waals surface area contributed by atoms with Gasteiger partial charge in [0.05, 0.1) is 23.8 Å². The summed E-state index contributed by atoms with van der Waals surface area (Å²) >= 11 is 1.68. The maximum absolute atomic E-state index is 4.70. The molecule has 0 saturated heterocycles. The molecule has 0 aliphatic carbocycles. The number of hydrogen-bond donors (Lipinski definition) is 1. The van der Waals surface area contributed by atoms with Crippen LogP contribution in [-0.2, 0) is 19.5 Å². The Kier molecular flexibility index (Phi) is 9.19. The fourth-order valence-corrected chi connectivity index (χ4v) is 2.88. The van der Waals surface area contributed by atoms with Crippen LogP contribution in [0.2, 0.25) is 0 Å². The van der Waals surface area contributed by atoms with E-state index in [0.29, 0.717) is 6.54 Å². The number of hydrogen-bond acceptors (Lipinski definition) is 5. The SMILES string of the molecule is CCNC(=NCCn1cnnc1CC)N(C)Cc1csc(C)n1.I. The van der Waals surface area contributed by atoms with Gasteiger partial charge in [0.15, 0.2) is 5.96 Å². The van der Waals surface area contributed by atoms with Crippen LogP contribution in [0.4, 0.5) is 0 Å². The summed E-state index contributed by atoms with van der Waals surface area (Å²) in [5.41, 5.74) is 1.08. The molecule has 0 bridgehead atoms. The molecule has 0 unspecified atom stereocenters. The second kappa shape index (κ2) is 10.6. The molecule has 0 aromatic carbocycles. The zero-order valence-corrected chi connectivity index (χ0v) is 17.8. The number of nitrogens with zero attached hydrogens (tertiary/aromatic N) is 6. The summed E-state index contributed by atoms with van der Waals surface area (Å²) in [4.78, 5) is 11.3. The maximum atomic E-state index is 4.70.